The molecule has 0 aliphatic carbocycles. The topological polar surface area (TPSA) is 71.0 Å². The summed E-state index contributed by atoms with van der Waals surface area (Å²) in [7, 11) is 0. The fraction of sp³-hybridized carbons (Fsp3) is 0.364. The number of carbonyl (C=O) groups excluding carboxylic acids is 1. The van der Waals surface area contributed by atoms with Gasteiger partial charge in [-0.05, 0) is 42.7 Å². The summed E-state index contributed by atoms with van der Waals surface area (Å²) in [6.45, 7) is 2.12. The van der Waals surface area contributed by atoms with Crippen LogP contribution in [0.25, 0.3) is 0 Å². The van der Waals surface area contributed by atoms with Crippen LogP contribution in [0, 0.1) is 11.7 Å². The second kappa shape index (κ2) is 9.75. The molecule has 0 spiro atoms. The number of piperidine rings is 1. The van der Waals surface area contributed by atoms with Gasteiger partial charge in [0.25, 0.3) is 0 Å². The van der Waals surface area contributed by atoms with Crippen molar-refractivity contribution in [3.05, 3.63) is 71.6 Å². The Kier molecular flexibility index (Phi) is 6.63. The predicted octanol–water partition coefficient (Wildman–Crippen LogP) is 3.24. The average Bonchev–Trinajstić information content (AvgIpc) is 3.25. The summed E-state index contributed by atoms with van der Waals surface area (Å²) in [6.07, 6.45) is 4.90. The molecule has 2 aromatic heterocycles. The third-order valence-electron chi connectivity index (χ3n) is 5.20. The quantitative estimate of drug-likeness (QED) is 0.629. The Hall–Kier alpha value is -2.87. The Labute approximate surface area is 179 Å². The number of aromatic nitrogens is 3. The normalized spacial score (nSPS) is 16.4. The van der Waals surface area contributed by atoms with E-state index in [1.807, 2.05) is 18.2 Å². The summed E-state index contributed by atoms with van der Waals surface area (Å²) in [4.78, 5) is 23.7. The van der Waals surface area contributed by atoms with Gasteiger partial charge >= 0.3 is 0 Å². The second-order valence-corrected chi connectivity index (χ2v) is 8.17. The number of hydrogen-bond acceptors (Lipinski definition) is 6. The van der Waals surface area contributed by atoms with Crippen LogP contribution in [0.3, 0.4) is 0 Å². The van der Waals surface area contributed by atoms with Crippen LogP contribution in [0.4, 0.5) is 9.52 Å². The van der Waals surface area contributed by atoms with Crippen LogP contribution in [0.2, 0.25) is 0 Å². The van der Waals surface area contributed by atoms with E-state index in [1.54, 1.807) is 18.3 Å². The smallest absolute Gasteiger partial charge is 0.224 e. The minimum absolute atomic E-state index is 0.0491. The molecule has 1 amide bonds. The molecule has 6 nitrogen and oxygen atoms in total. The lowest BCUT2D eigenvalue weighted by Gasteiger charge is -2.31. The molecule has 30 heavy (non-hydrogen) atoms. The van der Waals surface area contributed by atoms with Gasteiger partial charge in [0.05, 0.1) is 5.92 Å². The second-order valence-electron chi connectivity index (χ2n) is 7.44. The molecule has 156 valence electrons. The van der Waals surface area contributed by atoms with Crippen molar-refractivity contribution in [2.75, 3.05) is 24.5 Å². The van der Waals surface area contributed by atoms with Crippen LogP contribution in [0.5, 0.6) is 0 Å². The summed E-state index contributed by atoms with van der Waals surface area (Å²) in [5.74, 6) is 0.519. The zero-order chi connectivity index (χ0) is 20.8. The fourth-order valence-electron chi connectivity index (χ4n) is 3.60. The molecule has 0 radical (unpaired) electrons. The highest BCUT2D eigenvalue weighted by Crippen LogP contribution is 2.25. The van der Waals surface area contributed by atoms with E-state index in [9.17, 15) is 9.18 Å². The van der Waals surface area contributed by atoms with Gasteiger partial charge in [0.1, 0.15) is 11.6 Å². The third kappa shape index (κ3) is 5.38. The maximum atomic E-state index is 13.1. The standard InChI is InChI=1S/C22H24FN5OS/c23-18-8-6-16(7-9-18)14-20-26-22(30-27-20)28-13-3-4-17(15-28)21(29)25-12-10-19-5-1-2-11-24-19/h1-2,5-9,11,17H,3-4,10,12-15H2,(H,25,29). The van der Waals surface area contributed by atoms with Crippen molar-refractivity contribution in [1.82, 2.24) is 19.7 Å². The first-order chi connectivity index (χ1) is 14.7. The lowest BCUT2D eigenvalue weighted by Crippen LogP contribution is -2.43. The maximum absolute atomic E-state index is 13.1. The molecule has 0 saturated carbocycles. The van der Waals surface area contributed by atoms with Crippen molar-refractivity contribution in [2.24, 2.45) is 5.92 Å². The molecule has 8 heteroatoms. The predicted molar refractivity (Wildman–Crippen MR) is 115 cm³/mol. The number of pyridine rings is 1. The average molecular weight is 426 g/mol. The van der Waals surface area contributed by atoms with Gasteiger partial charge < -0.3 is 10.2 Å². The molecule has 1 aromatic carbocycles. The number of amides is 1. The van der Waals surface area contributed by atoms with Gasteiger partial charge in [-0.3, -0.25) is 9.78 Å². The highest BCUT2D eigenvalue weighted by atomic mass is 32.1. The first-order valence-electron chi connectivity index (χ1n) is 10.2. The lowest BCUT2D eigenvalue weighted by atomic mass is 9.97. The monoisotopic (exact) mass is 425 g/mol. The molecule has 3 heterocycles. The van der Waals surface area contributed by atoms with Gasteiger partial charge in [-0.25, -0.2) is 9.37 Å². The molecule has 1 fully saturated rings. The molecule has 1 aliphatic rings. The first kappa shape index (κ1) is 20.4. The maximum Gasteiger partial charge on any atom is 0.224 e. The van der Waals surface area contributed by atoms with E-state index in [1.165, 1.54) is 23.7 Å². The van der Waals surface area contributed by atoms with E-state index in [0.717, 1.165) is 48.0 Å². The number of nitrogens with zero attached hydrogens (tertiary/aromatic N) is 4. The molecular weight excluding hydrogens is 401 g/mol. The number of carbonyl (C=O) groups is 1. The molecule has 0 bridgehead atoms. The Bertz CT molecular complexity index is 963. The van der Waals surface area contributed by atoms with Crippen molar-refractivity contribution in [3.63, 3.8) is 0 Å². The lowest BCUT2D eigenvalue weighted by molar-refractivity contribution is -0.125. The van der Waals surface area contributed by atoms with Gasteiger partial charge in [0.15, 0.2) is 0 Å². The van der Waals surface area contributed by atoms with E-state index in [4.69, 9.17) is 0 Å². The van der Waals surface area contributed by atoms with Crippen molar-refractivity contribution in [2.45, 2.75) is 25.7 Å². The van der Waals surface area contributed by atoms with Gasteiger partial charge in [-0.1, -0.05) is 18.2 Å². The van der Waals surface area contributed by atoms with Gasteiger partial charge in [0.2, 0.25) is 11.0 Å². The molecule has 1 saturated heterocycles. The largest absolute Gasteiger partial charge is 0.355 e. The minimum atomic E-state index is -0.247. The van der Waals surface area contributed by atoms with E-state index >= 15 is 0 Å². The number of halogens is 1. The van der Waals surface area contributed by atoms with Gasteiger partial charge in [-0.2, -0.15) is 4.37 Å². The highest BCUT2D eigenvalue weighted by molar-refractivity contribution is 7.09. The molecule has 4 rings (SSSR count). The van der Waals surface area contributed by atoms with Gasteiger partial charge in [0, 0.05) is 55.9 Å². The Morgan fingerprint density at radius 2 is 2.10 bits per heavy atom. The molecule has 1 N–H and O–H groups in total. The summed E-state index contributed by atoms with van der Waals surface area (Å²) in [5.41, 5.74) is 1.95. The van der Waals surface area contributed by atoms with E-state index < -0.39 is 0 Å². The summed E-state index contributed by atoms with van der Waals surface area (Å²) in [6, 6.07) is 12.2. The van der Waals surface area contributed by atoms with E-state index in [2.05, 4.69) is 24.6 Å². The number of rotatable bonds is 7. The molecule has 1 atom stereocenters. The van der Waals surface area contributed by atoms with Crippen LogP contribution in [0.15, 0.2) is 48.7 Å². The van der Waals surface area contributed by atoms with Crippen LogP contribution >= 0.6 is 11.5 Å². The van der Waals surface area contributed by atoms with Crippen molar-refractivity contribution in [3.8, 4) is 0 Å². The Balaban J connectivity index is 1.29. The Morgan fingerprint density at radius 1 is 1.23 bits per heavy atom. The molecule has 1 unspecified atom stereocenters. The fourth-order valence-corrected chi connectivity index (χ4v) is 4.32. The summed E-state index contributed by atoms with van der Waals surface area (Å²) in [5, 5.41) is 3.89. The van der Waals surface area contributed by atoms with Crippen LogP contribution in [-0.4, -0.2) is 39.9 Å². The van der Waals surface area contributed by atoms with Crippen molar-refractivity contribution in [1.29, 1.82) is 0 Å². The molecule has 1 aliphatic heterocycles. The first-order valence-corrected chi connectivity index (χ1v) is 10.9. The molecular formula is C22H24FN5OS. The van der Waals surface area contributed by atoms with Crippen molar-refractivity contribution < 1.29 is 9.18 Å². The number of hydrogen-bond donors (Lipinski definition) is 1. The van der Waals surface area contributed by atoms with E-state index in [0.29, 0.717) is 19.5 Å². The third-order valence-corrected chi connectivity index (χ3v) is 6.02. The van der Waals surface area contributed by atoms with E-state index in [-0.39, 0.29) is 17.6 Å². The number of anilines is 1. The SMILES string of the molecule is O=C(NCCc1ccccn1)C1CCCN(c2nc(Cc3ccc(F)cc3)ns2)C1. The highest BCUT2D eigenvalue weighted by Gasteiger charge is 2.27. The Morgan fingerprint density at radius 3 is 2.90 bits per heavy atom. The summed E-state index contributed by atoms with van der Waals surface area (Å²) >= 11 is 1.36. The van der Waals surface area contributed by atoms with Crippen LogP contribution in [0.1, 0.15) is 29.9 Å². The van der Waals surface area contributed by atoms with Gasteiger partial charge in [-0.15, -0.1) is 0 Å². The zero-order valence-electron chi connectivity index (χ0n) is 16.6. The van der Waals surface area contributed by atoms with Crippen molar-refractivity contribution >= 4 is 22.6 Å². The van der Waals surface area contributed by atoms with Crippen LogP contribution in [-0.2, 0) is 17.6 Å². The molecule has 3 aromatic rings. The zero-order valence-corrected chi connectivity index (χ0v) is 17.4. The minimum Gasteiger partial charge on any atom is -0.355 e. The number of benzene rings is 1. The number of nitrogens with one attached hydrogen (secondary N) is 1. The van der Waals surface area contributed by atoms with Crippen LogP contribution < -0.4 is 10.2 Å². The summed E-state index contributed by atoms with van der Waals surface area (Å²) < 4.78 is 17.5.